The molecule has 0 spiro atoms. The zero-order valence-electron chi connectivity index (χ0n) is 55.0. The van der Waals surface area contributed by atoms with Crippen molar-refractivity contribution in [2.75, 3.05) is 0 Å². The maximum atomic E-state index is 10.7. The van der Waals surface area contributed by atoms with Crippen molar-refractivity contribution in [1.29, 1.82) is 0 Å². The normalized spacial score (nSPS) is 11.1. The number of aryl methyl sites for hydroxylation is 1. The van der Waals surface area contributed by atoms with Gasteiger partial charge < -0.3 is 86.2 Å². The van der Waals surface area contributed by atoms with E-state index in [1.807, 2.05) is 6.92 Å². The van der Waals surface area contributed by atoms with E-state index in [0.29, 0.717) is 23.6 Å². The number of rotatable bonds is 34. The molecule has 0 bridgehead atoms. The molecule has 35 heteroatoms. The van der Waals surface area contributed by atoms with Crippen LogP contribution in [0.5, 0.6) is 0 Å². The fourth-order valence-electron chi connectivity index (χ4n) is 6.86. The molecule has 0 heterocycles. The van der Waals surface area contributed by atoms with Crippen LogP contribution in [0.1, 0.15) is 184 Å². The van der Waals surface area contributed by atoms with Gasteiger partial charge in [0.05, 0.1) is 53.0 Å². The Morgan fingerprint density at radius 3 is 1.12 bits per heavy atom. The Kier molecular flexibility index (Phi) is 57.0. The van der Waals surface area contributed by atoms with Crippen molar-refractivity contribution in [3.05, 3.63) is 118 Å². The molecule has 3 aromatic carbocycles. The van der Waals surface area contributed by atoms with Gasteiger partial charge >= 0.3 is 83.8 Å². The van der Waals surface area contributed by atoms with Gasteiger partial charge in [-0.3, -0.25) is 43.2 Å². The second-order valence-corrected chi connectivity index (χ2v) is 20.7. The van der Waals surface area contributed by atoms with Crippen LogP contribution in [-0.2, 0) is 76.7 Å². The Bertz CT molecular complexity index is 3180. The first kappa shape index (κ1) is 99.2. The molecule has 0 radical (unpaired) electrons. The Labute approximate surface area is 569 Å². The molecule has 0 saturated carbocycles. The highest BCUT2D eigenvalue weighted by Gasteiger charge is 2.39. The van der Waals surface area contributed by atoms with Crippen LogP contribution in [0.2, 0.25) is 0 Å². The van der Waals surface area contributed by atoms with Crippen molar-refractivity contribution in [2.45, 2.75) is 156 Å². The summed E-state index contributed by atoms with van der Waals surface area (Å²) in [6.45, 7) is 8.07. The molecule has 0 fully saturated rings. The molecule has 3 aromatic rings. The summed E-state index contributed by atoms with van der Waals surface area (Å²) in [5.74, 6) is -20.3. The van der Waals surface area contributed by atoms with Crippen LogP contribution in [0.25, 0.3) is 0 Å². The van der Waals surface area contributed by atoms with Gasteiger partial charge in [-0.1, -0.05) is 80.5 Å². The van der Waals surface area contributed by atoms with Crippen molar-refractivity contribution < 1.29 is 172 Å². The summed E-state index contributed by atoms with van der Waals surface area (Å²) in [4.78, 5) is 202. The lowest BCUT2D eigenvalue weighted by Crippen LogP contribution is -2.42. The summed E-state index contributed by atoms with van der Waals surface area (Å²) >= 11 is 0. The first-order chi connectivity index (χ1) is 46.1. The minimum absolute atomic E-state index is 0.0186. The van der Waals surface area contributed by atoms with Crippen LogP contribution in [0.15, 0.2) is 90.5 Å². The van der Waals surface area contributed by atoms with Crippen molar-refractivity contribution in [3.8, 4) is 0 Å². The number of hydrogen-bond donors (Lipinski definition) is 15. The minimum atomic E-state index is -2.49. The summed E-state index contributed by atoms with van der Waals surface area (Å²) < 4.78 is 0. The van der Waals surface area contributed by atoms with Gasteiger partial charge in [-0.2, -0.15) is 9.59 Å². The smallest absolute Gasteiger partial charge is 0.373 e. The molecule has 4 atom stereocenters. The molecular weight excluding hydrogens is 1340 g/mol. The van der Waals surface area contributed by atoms with Crippen LogP contribution in [0.4, 0.5) is 0 Å². The van der Waals surface area contributed by atoms with E-state index in [-0.39, 0.29) is 47.5 Å². The summed E-state index contributed by atoms with van der Waals surface area (Å²) in [5, 5.41) is 127. The Hall–Kier alpha value is -11.8. The predicted octanol–water partition coefficient (Wildman–Crippen LogP) is 5.71. The lowest BCUT2D eigenvalue weighted by atomic mass is 9.94. The van der Waals surface area contributed by atoms with E-state index in [0.717, 1.165) is 64.0 Å². The number of aliphatic carboxylic acids is 9. The van der Waals surface area contributed by atoms with E-state index >= 15 is 0 Å². The van der Waals surface area contributed by atoms with Crippen LogP contribution >= 0.6 is 0 Å². The van der Waals surface area contributed by atoms with Crippen molar-refractivity contribution in [2.24, 2.45) is 11.8 Å². The molecule has 0 aliphatic carbocycles. The third-order valence-corrected chi connectivity index (χ3v) is 11.6. The second kappa shape index (κ2) is 57.4. The number of unbranched alkanes of at least 4 members (excludes halogenated alkanes) is 7. The zero-order valence-corrected chi connectivity index (χ0v) is 55.0. The number of Topliss-reactive ketones (excluding diaryl/α,β-unsaturated/α-hetero) is 5. The van der Waals surface area contributed by atoms with Gasteiger partial charge in [0.15, 0.2) is 11.4 Å². The van der Waals surface area contributed by atoms with Gasteiger partial charge in [-0.25, -0.2) is 33.6 Å². The van der Waals surface area contributed by atoms with E-state index in [2.05, 4.69) is 0 Å². The number of aliphatic hydroxyl groups is 2. The largest absolute Gasteiger partial charge is 0.481 e. The molecule has 0 aliphatic heterocycles. The zero-order chi connectivity index (χ0) is 79.0. The number of aromatic carboxylic acids is 4. The maximum absolute atomic E-state index is 10.7. The summed E-state index contributed by atoms with van der Waals surface area (Å²) in [6.07, 6.45) is 5.25. The van der Waals surface area contributed by atoms with Crippen molar-refractivity contribution in [3.63, 3.8) is 0 Å². The van der Waals surface area contributed by atoms with Gasteiger partial charge in [-0.05, 0) is 96.8 Å². The van der Waals surface area contributed by atoms with Gasteiger partial charge in [0.25, 0.3) is 0 Å². The van der Waals surface area contributed by atoms with Crippen LogP contribution in [0, 0.1) is 18.8 Å². The summed E-state index contributed by atoms with van der Waals surface area (Å²) in [6, 6.07) is 20.2. The van der Waals surface area contributed by atoms with E-state index in [4.69, 9.17) is 81.1 Å². The Morgan fingerprint density at radius 2 is 0.830 bits per heavy atom. The molecule has 15 N–H and O–H groups in total. The standard InChI is InChI=1S/C13H24O3.C8H6O4.C8H8O2.2C7H10O6.C7H10O5.C7H8O5.C7H6O2.CO2/c1-12(14)10-8-6-4-2-3-5-7-9-11-13(15)16;9-7(10)5-2-1-3-6(4-5)8(11)12;1-6-2-4-7(5-3-6)8(9)10;1-4(8)2-7(13,6(11)12)3-5(9)10;1-3(8)6(11)4(7(12)13)2-5(9)10;2*1-4(8)2-5(7(11)12)3-6(9)10;8-7(9)6-4-2-1-3-5-6;2-1-3/h2-11H2,1H3,(H,15,16);1-4H,(H,9,10)(H,11,12);2-5H,1H3,(H,9,10);13H,2-3H2,1H3,(H,9,10)(H,11,12);4,6,11H,2H2,1H3,(H,9,10)(H,12,13);5H,2-3H2,1H3,(H,9,10)(H,11,12);3H,2H2,1H3,(H,9,10)(H,11,12);1-5H,(H,8,9);/b;;;;;;5-3-;;. The molecule has 35 nitrogen and oxygen atoms in total. The molecule has 3 rings (SSSR count). The van der Waals surface area contributed by atoms with E-state index < -0.39 is 144 Å². The van der Waals surface area contributed by atoms with Crippen LogP contribution < -0.4 is 0 Å². The van der Waals surface area contributed by atoms with E-state index in [1.54, 1.807) is 61.5 Å². The number of benzene rings is 3. The number of ketones is 5. The monoisotopic (exact) mass is 1420 g/mol. The molecular formula is C65H82O35. The molecule has 0 saturated heterocycles. The highest BCUT2D eigenvalue weighted by molar-refractivity contribution is 5.99. The maximum Gasteiger partial charge on any atom is 0.373 e. The number of aliphatic hydroxyl groups excluding tert-OH is 1. The number of carbonyl (C=O) groups is 18. The predicted molar refractivity (Wildman–Crippen MR) is 339 cm³/mol. The highest BCUT2D eigenvalue weighted by Crippen LogP contribution is 2.17. The third-order valence-electron chi connectivity index (χ3n) is 11.6. The Balaban J connectivity index is -0.000000252. The van der Waals surface area contributed by atoms with Gasteiger partial charge in [-0.15, -0.1) is 0 Å². The average Bonchev–Trinajstić information content (AvgIpc) is 0.872. The lowest BCUT2D eigenvalue weighted by Gasteiger charge is -2.19. The molecule has 4 unspecified atom stereocenters. The second-order valence-electron chi connectivity index (χ2n) is 20.7. The molecule has 100 heavy (non-hydrogen) atoms. The van der Waals surface area contributed by atoms with Gasteiger partial charge in [0.2, 0.25) is 0 Å². The topological polar surface area (TPSA) is 645 Å². The van der Waals surface area contributed by atoms with Gasteiger partial charge in [0, 0.05) is 38.2 Å². The fourth-order valence-corrected chi connectivity index (χ4v) is 6.86. The van der Waals surface area contributed by atoms with Crippen LogP contribution in [0.3, 0.4) is 0 Å². The number of carbonyl (C=O) groups excluding carboxylic acids is 7. The highest BCUT2D eigenvalue weighted by atomic mass is 16.4. The molecule has 0 aromatic heterocycles. The Morgan fingerprint density at radius 1 is 0.430 bits per heavy atom. The van der Waals surface area contributed by atoms with E-state index in [1.165, 1.54) is 51.3 Å². The molecule has 552 valence electrons. The summed E-state index contributed by atoms with van der Waals surface area (Å²) in [7, 11) is 0. The first-order valence-electron chi connectivity index (χ1n) is 28.9. The first-order valence-corrected chi connectivity index (χ1v) is 28.9. The fraction of sp³-hybridized carbons (Fsp3) is 0.400. The SMILES string of the molecule is CC(=O)C(O)C(CC(=O)O)C(=O)O.CC(=O)C/C(=C/C(=O)O)C(=O)O.CC(=O)CC(CC(=O)O)C(=O)O.CC(=O)CC(O)(CC(=O)O)C(=O)O.CC(=O)CCCCCCCCCCC(=O)O.Cc1ccc(C(=O)O)cc1.O=C(O)c1cccc(C(=O)O)c1.O=C(O)c1ccccc1.O=C=O. The molecule has 0 amide bonds. The number of hydrogen-bond acceptors (Lipinski definition) is 22. The van der Waals surface area contributed by atoms with Crippen molar-refractivity contribution >= 4 is 113 Å². The third kappa shape index (κ3) is 61.1. The van der Waals surface area contributed by atoms with Gasteiger partial charge in [0.1, 0.15) is 35.2 Å². The molecule has 0 aliphatic rings. The average molecular weight is 1420 g/mol. The van der Waals surface area contributed by atoms with Crippen molar-refractivity contribution in [1.82, 2.24) is 0 Å². The quantitative estimate of drug-likeness (QED) is 0.0251. The van der Waals surface area contributed by atoms with Crippen LogP contribution in [-0.4, -0.2) is 201 Å². The minimum Gasteiger partial charge on any atom is -0.481 e. The van der Waals surface area contributed by atoms with E-state index in [9.17, 15) is 91.4 Å². The number of carboxylic acids is 13. The number of carboxylic acid groups (broad SMARTS) is 13. The lowest BCUT2D eigenvalue weighted by molar-refractivity contribution is -0.192. The summed E-state index contributed by atoms with van der Waals surface area (Å²) in [5.41, 5.74) is -1.19.